The number of carbonyl (C=O) groups is 1. The molecule has 0 fully saturated rings. The molecule has 0 heterocycles. The van der Waals surface area contributed by atoms with Crippen LogP contribution in [0.2, 0.25) is 0 Å². The number of ether oxygens (including phenoxy) is 1. The fourth-order valence-corrected chi connectivity index (χ4v) is 2.80. The highest BCUT2D eigenvalue weighted by atomic mass is 79.9. The molecule has 0 aromatic heterocycles. The van der Waals surface area contributed by atoms with E-state index in [1.54, 1.807) is 12.1 Å². The van der Waals surface area contributed by atoms with Crippen LogP contribution in [0.5, 0.6) is 5.75 Å². The van der Waals surface area contributed by atoms with Gasteiger partial charge < -0.3 is 4.74 Å². The molecular formula is C22H18BrN3O4. The van der Waals surface area contributed by atoms with Gasteiger partial charge in [0.25, 0.3) is 5.69 Å². The highest BCUT2D eigenvalue weighted by molar-refractivity contribution is 9.10. The normalized spacial score (nSPS) is 10.7. The lowest BCUT2D eigenvalue weighted by Gasteiger charge is -2.06. The topological polar surface area (TPSA) is 93.8 Å². The van der Waals surface area contributed by atoms with Crippen LogP contribution in [0, 0.1) is 10.1 Å². The number of non-ortho nitro benzene ring substituents is 1. The maximum atomic E-state index is 11.9. The van der Waals surface area contributed by atoms with Gasteiger partial charge in [-0.05, 0) is 53.1 Å². The first kappa shape index (κ1) is 21.2. The number of nitrogens with zero attached hydrogens (tertiary/aromatic N) is 2. The van der Waals surface area contributed by atoms with E-state index in [0.29, 0.717) is 12.2 Å². The van der Waals surface area contributed by atoms with Crippen molar-refractivity contribution in [3.63, 3.8) is 0 Å². The number of nitro groups is 1. The van der Waals surface area contributed by atoms with Gasteiger partial charge in [0.1, 0.15) is 12.4 Å². The van der Waals surface area contributed by atoms with E-state index < -0.39 is 4.92 Å². The molecule has 7 nitrogen and oxygen atoms in total. The van der Waals surface area contributed by atoms with Crippen molar-refractivity contribution in [2.75, 3.05) is 0 Å². The van der Waals surface area contributed by atoms with Crippen molar-refractivity contribution >= 4 is 33.7 Å². The number of nitrogens with one attached hydrogen (secondary N) is 1. The average Bonchev–Trinajstić information content (AvgIpc) is 2.74. The molecule has 0 atom stereocenters. The Bertz CT molecular complexity index is 1030. The van der Waals surface area contributed by atoms with Crippen molar-refractivity contribution in [1.82, 2.24) is 5.43 Å². The number of carbonyl (C=O) groups excluding carboxylic acids is 1. The first-order chi connectivity index (χ1) is 14.5. The first-order valence-corrected chi connectivity index (χ1v) is 9.81. The van der Waals surface area contributed by atoms with Gasteiger partial charge in [0, 0.05) is 16.6 Å². The lowest BCUT2D eigenvalue weighted by atomic mass is 10.1. The largest absolute Gasteiger partial charge is 0.489 e. The summed E-state index contributed by atoms with van der Waals surface area (Å²) >= 11 is 3.40. The van der Waals surface area contributed by atoms with Gasteiger partial charge in [0.05, 0.1) is 17.6 Å². The quantitative estimate of drug-likeness (QED) is 0.296. The number of benzene rings is 3. The van der Waals surface area contributed by atoms with Crippen LogP contribution in [-0.2, 0) is 17.8 Å². The lowest BCUT2D eigenvalue weighted by Crippen LogP contribution is -2.19. The average molecular weight is 468 g/mol. The van der Waals surface area contributed by atoms with Crippen molar-refractivity contribution in [1.29, 1.82) is 0 Å². The Morgan fingerprint density at radius 1 is 1.00 bits per heavy atom. The van der Waals surface area contributed by atoms with Crippen molar-refractivity contribution in [3.8, 4) is 5.75 Å². The molecule has 0 radical (unpaired) electrons. The molecule has 3 aromatic carbocycles. The molecule has 1 N–H and O–H groups in total. The maximum Gasteiger partial charge on any atom is 0.269 e. The monoisotopic (exact) mass is 467 g/mol. The highest BCUT2D eigenvalue weighted by Gasteiger charge is 2.06. The van der Waals surface area contributed by atoms with Gasteiger partial charge >= 0.3 is 0 Å². The van der Waals surface area contributed by atoms with E-state index in [4.69, 9.17) is 4.74 Å². The zero-order valence-electron chi connectivity index (χ0n) is 15.8. The van der Waals surface area contributed by atoms with Gasteiger partial charge in [-0.15, -0.1) is 0 Å². The molecule has 0 saturated carbocycles. The van der Waals surface area contributed by atoms with E-state index >= 15 is 0 Å². The van der Waals surface area contributed by atoms with Crippen molar-refractivity contribution < 1.29 is 14.5 Å². The van der Waals surface area contributed by atoms with Crippen LogP contribution in [0.15, 0.2) is 82.4 Å². The van der Waals surface area contributed by atoms with Crippen molar-refractivity contribution in [3.05, 3.63) is 104 Å². The fourth-order valence-electron chi connectivity index (χ4n) is 2.54. The molecule has 0 aliphatic rings. The summed E-state index contributed by atoms with van der Waals surface area (Å²) in [6.07, 6.45) is 1.62. The van der Waals surface area contributed by atoms with E-state index in [0.717, 1.165) is 21.3 Å². The minimum atomic E-state index is -0.481. The Morgan fingerprint density at radius 2 is 1.63 bits per heavy atom. The number of hydrazone groups is 1. The second-order valence-corrected chi connectivity index (χ2v) is 7.29. The molecule has 30 heavy (non-hydrogen) atoms. The fraction of sp³-hybridized carbons (Fsp3) is 0.0909. The van der Waals surface area contributed by atoms with Gasteiger partial charge in [-0.2, -0.15) is 5.10 Å². The summed E-state index contributed by atoms with van der Waals surface area (Å²) in [5.41, 5.74) is 4.98. The van der Waals surface area contributed by atoms with Crippen LogP contribution in [0.25, 0.3) is 0 Å². The molecule has 0 bridgehead atoms. The van der Waals surface area contributed by atoms with Crippen LogP contribution < -0.4 is 10.2 Å². The molecule has 3 aromatic rings. The van der Waals surface area contributed by atoms with Gasteiger partial charge in [-0.25, -0.2) is 5.43 Å². The van der Waals surface area contributed by atoms with Crippen molar-refractivity contribution in [2.45, 2.75) is 13.0 Å². The van der Waals surface area contributed by atoms with Crippen LogP contribution in [0.3, 0.4) is 0 Å². The summed E-state index contributed by atoms with van der Waals surface area (Å²) in [6, 6.07) is 21.1. The minimum absolute atomic E-state index is 0.0125. The molecule has 8 heteroatoms. The van der Waals surface area contributed by atoms with Gasteiger partial charge in [-0.1, -0.05) is 40.2 Å². The Kier molecular flexibility index (Phi) is 7.29. The van der Waals surface area contributed by atoms with Crippen LogP contribution >= 0.6 is 15.9 Å². The Balaban J connectivity index is 1.45. The molecule has 0 aliphatic heterocycles. The van der Waals surface area contributed by atoms with Gasteiger partial charge in [0.15, 0.2) is 0 Å². The van der Waals surface area contributed by atoms with Crippen LogP contribution in [0.4, 0.5) is 5.69 Å². The molecule has 3 rings (SSSR count). The zero-order valence-corrected chi connectivity index (χ0v) is 17.4. The van der Waals surface area contributed by atoms with E-state index in [1.807, 2.05) is 48.5 Å². The van der Waals surface area contributed by atoms with E-state index in [1.165, 1.54) is 18.3 Å². The smallest absolute Gasteiger partial charge is 0.269 e. The van der Waals surface area contributed by atoms with Crippen LogP contribution in [-0.4, -0.2) is 17.0 Å². The Morgan fingerprint density at radius 3 is 2.27 bits per heavy atom. The predicted octanol–water partition coefficient (Wildman–Crippen LogP) is 4.63. The predicted molar refractivity (Wildman–Crippen MR) is 117 cm³/mol. The SMILES string of the molecule is O=C(Cc1ccc([N+](=O)[O-])cc1)NN=Cc1ccc(OCc2ccc(Br)cc2)cc1. The zero-order chi connectivity index (χ0) is 21.3. The van der Waals surface area contributed by atoms with E-state index in [9.17, 15) is 14.9 Å². The molecule has 1 amide bonds. The summed E-state index contributed by atoms with van der Waals surface area (Å²) < 4.78 is 6.77. The first-order valence-electron chi connectivity index (χ1n) is 9.02. The third-order valence-electron chi connectivity index (χ3n) is 4.11. The number of hydrogen-bond donors (Lipinski definition) is 1. The summed E-state index contributed by atoms with van der Waals surface area (Å²) in [7, 11) is 0. The third kappa shape index (κ3) is 6.52. The molecular weight excluding hydrogens is 450 g/mol. The van der Waals surface area contributed by atoms with E-state index in [2.05, 4.69) is 26.5 Å². The summed E-state index contributed by atoms with van der Waals surface area (Å²) in [4.78, 5) is 22.1. The van der Waals surface area contributed by atoms with Crippen LogP contribution in [0.1, 0.15) is 16.7 Å². The van der Waals surface area contributed by atoms with Gasteiger partial charge in [-0.3, -0.25) is 14.9 Å². The van der Waals surface area contributed by atoms with E-state index in [-0.39, 0.29) is 18.0 Å². The third-order valence-corrected chi connectivity index (χ3v) is 4.64. The number of rotatable bonds is 8. The molecule has 0 unspecified atom stereocenters. The molecule has 152 valence electrons. The summed E-state index contributed by atoms with van der Waals surface area (Å²) in [6.45, 7) is 0.472. The summed E-state index contributed by atoms with van der Waals surface area (Å²) in [5, 5.41) is 14.6. The maximum absolute atomic E-state index is 11.9. The number of hydrogen-bond acceptors (Lipinski definition) is 5. The Hall–Kier alpha value is -3.52. The minimum Gasteiger partial charge on any atom is -0.489 e. The molecule has 0 saturated heterocycles. The number of halogens is 1. The summed E-state index contributed by atoms with van der Waals surface area (Å²) in [5.74, 6) is 0.423. The van der Waals surface area contributed by atoms with Gasteiger partial charge in [0.2, 0.25) is 5.91 Å². The Labute approximate surface area is 181 Å². The number of amides is 1. The molecule has 0 spiro atoms. The second kappa shape index (κ2) is 10.3. The highest BCUT2D eigenvalue weighted by Crippen LogP contribution is 2.16. The lowest BCUT2D eigenvalue weighted by molar-refractivity contribution is -0.384. The number of nitro benzene ring substituents is 1. The standard InChI is InChI=1S/C22H18BrN3O4/c23-19-7-1-18(2-8-19)15-30-21-11-5-17(6-12-21)14-24-25-22(27)13-16-3-9-20(10-4-16)26(28)29/h1-12,14H,13,15H2,(H,25,27). The second-order valence-electron chi connectivity index (χ2n) is 6.38. The molecule has 0 aliphatic carbocycles. The van der Waals surface area contributed by atoms with Crippen molar-refractivity contribution in [2.24, 2.45) is 5.10 Å².